The molecular weight excluding hydrogens is 293 g/mol. The Morgan fingerprint density at radius 1 is 1.42 bits per heavy atom. The summed E-state index contributed by atoms with van der Waals surface area (Å²) in [4.78, 5) is 17.3. The number of β-amino-alcohol motifs (C(OH)–C–C–N with tert-alkyl or cyclic N) is 2. The van der Waals surface area contributed by atoms with Crippen LogP contribution >= 0.6 is 23.2 Å². The Hall–Kier alpha value is -0.920. The summed E-state index contributed by atoms with van der Waals surface area (Å²) in [6, 6.07) is 1.48. The van der Waals surface area contributed by atoms with Gasteiger partial charge in [-0.25, -0.2) is 4.98 Å². The number of anilines is 1. The predicted octanol–water partition coefficient (Wildman–Crippen LogP) is 0.364. The van der Waals surface area contributed by atoms with E-state index in [-0.39, 0.29) is 36.4 Å². The number of likely N-dealkylation sites (tertiary alicyclic amines) is 1. The van der Waals surface area contributed by atoms with Crippen molar-refractivity contribution in [1.82, 2.24) is 9.88 Å². The van der Waals surface area contributed by atoms with E-state index in [1.165, 1.54) is 12.3 Å². The molecule has 6 nitrogen and oxygen atoms in total. The number of carbonyl (C=O) groups excluding carboxylic acids is 1. The highest BCUT2D eigenvalue weighted by Gasteiger charge is 2.30. The lowest BCUT2D eigenvalue weighted by atomic mass is 10.3. The monoisotopic (exact) mass is 305 g/mol. The molecule has 0 radical (unpaired) electrons. The SMILES string of the molecule is O=C(CN1C[C@@H](O)[C@@H](O)C1)Nc1ncc(Cl)cc1Cl. The molecule has 1 amide bonds. The first-order valence-electron chi connectivity index (χ1n) is 5.65. The highest BCUT2D eigenvalue weighted by molar-refractivity contribution is 6.36. The second kappa shape index (κ2) is 6.02. The second-order valence-corrected chi connectivity index (χ2v) is 5.20. The topological polar surface area (TPSA) is 85.7 Å². The quantitative estimate of drug-likeness (QED) is 0.751. The molecule has 1 aromatic rings. The average Bonchev–Trinajstić information content (AvgIpc) is 2.62. The number of aliphatic hydroxyl groups excluding tert-OH is 2. The van der Waals surface area contributed by atoms with Crippen molar-refractivity contribution >= 4 is 34.9 Å². The number of halogens is 2. The molecule has 0 unspecified atom stereocenters. The molecule has 1 aliphatic heterocycles. The van der Waals surface area contributed by atoms with Gasteiger partial charge in [-0.1, -0.05) is 23.2 Å². The molecule has 19 heavy (non-hydrogen) atoms. The minimum atomic E-state index is -0.815. The summed E-state index contributed by atoms with van der Waals surface area (Å²) in [6.45, 7) is 0.571. The Kier molecular flexibility index (Phi) is 4.59. The lowest BCUT2D eigenvalue weighted by molar-refractivity contribution is -0.117. The summed E-state index contributed by atoms with van der Waals surface area (Å²) >= 11 is 11.6. The van der Waals surface area contributed by atoms with Gasteiger partial charge in [0.2, 0.25) is 5.91 Å². The normalized spacial score (nSPS) is 23.6. The molecule has 1 fully saturated rings. The average molecular weight is 306 g/mol. The predicted molar refractivity (Wildman–Crippen MR) is 71.3 cm³/mol. The van der Waals surface area contributed by atoms with Crippen LogP contribution in [-0.2, 0) is 4.79 Å². The van der Waals surface area contributed by atoms with E-state index in [1.54, 1.807) is 4.90 Å². The highest BCUT2D eigenvalue weighted by atomic mass is 35.5. The fourth-order valence-corrected chi connectivity index (χ4v) is 2.28. The summed E-state index contributed by atoms with van der Waals surface area (Å²) in [6.07, 6.45) is -0.248. The van der Waals surface area contributed by atoms with Crippen molar-refractivity contribution in [3.63, 3.8) is 0 Å². The fourth-order valence-electron chi connectivity index (χ4n) is 1.86. The van der Waals surface area contributed by atoms with Gasteiger partial charge < -0.3 is 15.5 Å². The van der Waals surface area contributed by atoms with Crippen LogP contribution in [0.3, 0.4) is 0 Å². The second-order valence-electron chi connectivity index (χ2n) is 4.36. The highest BCUT2D eigenvalue weighted by Crippen LogP contribution is 2.22. The fraction of sp³-hybridized carbons (Fsp3) is 0.455. The van der Waals surface area contributed by atoms with E-state index in [2.05, 4.69) is 10.3 Å². The van der Waals surface area contributed by atoms with Crippen LogP contribution in [0.5, 0.6) is 0 Å². The van der Waals surface area contributed by atoms with Crippen LogP contribution in [-0.4, -0.2) is 57.8 Å². The summed E-state index contributed by atoms with van der Waals surface area (Å²) in [5.74, 6) is -0.0885. The van der Waals surface area contributed by atoms with Crippen LogP contribution in [0.1, 0.15) is 0 Å². The first kappa shape index (κ1) is 14.5. The zero-order valence-corrected chi connectivity index (χ0v) is 11.4. The van der Waals surface area contributed by atoms with Crippen molar-refractivity contribution in [3.05, 3.63) is 22.3 Å². The molecule has 0 bridgehead atoms. The molecule has 2 heterocycles. The van der Waals surface area contributed by atoms with Gasteiger partial charge in [0.15, 0.2) is 5.82 Å². The van der Waals surface area contributed by atoms with Crippen LogP contribution in [0.15, 0.2) is 12.3 Å². The number of aliphatic hydroxyl groups is 2. The van der Waals surface area contributed by atoms with Gasteiger partial charge in [-0.05, 0) is 6.07 Å². The Morgan fingerprint density at radius 2 is 2.05 bits per heavy atom. The molecule has 1 aromatic heterocycles. The Labute approximate surface area is 120 Å². The molecule has 2 rings (SSSR count). The Morgan fingerprint density at radius 3 is 2.63 bits per heavy atom. The molecule has 2 atom stereocenters. The van der Waals surface area contributed by atoms with Crippen molar-refractivity contribution in [3.8, 4) is 0 Å². The standard InChI is InChI=1S/C11H13Cl2N3O3/c12-6-1-7(13)11(14-2-6)15-10(19)5-16-3-8(17)9(18)4-16/h1-2,8-9,17-18H,3-5H2,(H,14,15,19)/t8-,9+. The minimum Gasteiger partial charge on any atom is -0.389 e. The van der Waals surface area contributed by atoms with E-state index < -0.39 is 12.2 Å². The van der Waals surface area contributed by atoms with Gasteiger partial charge in [-0.3, -0.25) is 9.69 Å². The lowest BCUT2D eigenvalue weighted by Gasteiger charge is -2.14. The zero-order chi connectivity index (χ0) is 14.0. The molecule has 8 heteroatoms. The summed E-state index contributed by atoms with van der Waals surface area (Å²) in [7, 11) is 0. The number of rotatable bonds is 3. The van der Waals surface area contributed by atoms with E-state index in [4.69, 9.17) is 23.2 Å². The largest absolute Gasteiger partial charge is 0.389 e. The molecule has 0 aromatic carbocycles. The number of pyridine rings is 1. The van der Waals surface area contributed by atoms with Gasteiger partial charge in [0.1, 0.15) is 0 Å². The maximum atomic E-state index is 11.8. The maximum Gasteiger partial charge on any atom is 0.239 e. The molecule has 0 spiro atoms. The van der Waals surface area contributed by atoms with Crippen LogP contribution < -0.4 is 5.32 Å². The van der Waals surface area contributed by atoms with Crippen molar-refractivity contribution in [2.75, 3.05) is 25.0 Å². The molecule has 0 aliphatic carbocycles. The number of hydrogen-bond acceptors (Lipinski definition) is 5. The summed E-state index contributed by atoms with van der Waals surface area (Å²) in [5.41, 5.74) is 0. The Balaban J connectivity index is 1.91. The van der Waals surface area contributed by atoms with E-state index in [0.717, 1.165) is 0 Å². The molecule has 104 valence electrons. The number of carbonyl (C=O) groups is 1. The first-order valence-corrected chi connectivity index (χ1v) is 6.40. The molecular formula is C11H13Cl2N3O3. The molecule has 0 saturated carbocycles. The molecule has 1 saturated heterocycles. The summed E-state index contributed by atoms with van der Waals surface area (Å²) in [5, 5.41) is 21.9. The zero-order valence-electron chi connectivity index (χ0n) is 9.88. The van der Waals surface area contributed by atoms with Gasteiger partial charge >= 0.3 is 0 Å². The Bertz CT molecular complexity index is 476. The number of hydrogen-bond donors (Lipinski definition) is 3. The summed E-state index contributed by atoms with van der Waals surface area (Å²) < 4.78 is 0. The van der Waals surface area contributed by atoms with Gasteiger partial charge in [-0.2, -0.15) is 0 Å². The number of amides is 1. The third kappa shape index (κ3) is 3.77. The molecule has 3 N–H and O–H groups in total. The van der Waals surface area contributed by atoms with Crippen molar-refractivity contribution < 1.29 is 15.0 Å². The minimum absolute atomic E-state index is 0.0504. The maximum absolute atomic E-state index is 11.8. The van der Waals surface area contributed by atoms with Crippen LogP contribution in [0.25, 0.3) is 0 Å². The van der Waals surface area contributed by atoms with Gasteiger partial charge in [0.05, 0.1) is 28.8 Å². The third-order valence-electron chi connectivity index (χ3n) is 2.77. The van der Waals surface area contributed by atoms with E-state index >= 15 is 0 Å². The number of nitrogens with zero attached hydrogens (tertiary/aromatic N) is 2. The van der Waals surface area contributed by atoms with Crippen LogP contribution in [0, 0.1) is 0 Å². The van der Waals surface area contributed by atoms with E-state index in [1.807, 2.05) is 0 Å². The first-order chi connectivity index (χ1) is 8.95. The van der Waals surface area contributed by atoms with Crippen molar-refractivity contribution in [1.29, 1.82) is 0 Å². The third-order valence-corrected chi connectivity index (χ3v) is 3.26. The number of nitrogens with one attached hydrogen (secondary N) is 1. The van der Waals surface area contributed by atoms with E-state index in [0.29, 0.717) is 5.02 Å². The van der Waals surface area contributed by atoms with Crippen LogP contribution in [0.2, 0.25) is 10.0 Å². The number of aromatic nitrogens is 1. The van der Waals surface area contributed by atoms with Crippen molar-refractivity contribution in [2.24, 2.45) is 0 Å². The lowest BCUT2D eigenvalue weighted by Crippen LogP contribution is -2.32. The molecule has 1 aliphatic rings. The van der Waals surface area contributed by atoms with Crippen LogP contribution in [0.4, 0.5) is 5.82 Å². The van der Waals surface area contributed by atoms with Gasteiger partial charge in [0.25, 0.3) is 0 Å². The smallest absolute Gasteiger partial charge is 0.239 e. The van der Waals surface area contributed by atoms with Gasteiger partial charge in [0, 0.05) is 19.3 Å². The van der Waals surface area contributed by atoms with Gasteiger partial charge in [-0.15, -0.1) is 0 Å². The van der Waals surface area contributed by atoms with E-state index in [9.17, 15) is 15.0 Å². The van der Waals surface area contributed by atoms with Crippen molar-refractivity contribution in [2.45, 2.75) is 12.2 Å².